The van der Waals surface area contributed by atoms with Crippen LogP contribution in [-0.2, 0) is 11.8 Å². The number of aryl methyl sites for hydroxylation is 1. The largest absolute Gasteiger partial charge is 0.370 e. The van der Waals surface area contributed by atoms with Crippen molar-refractivity contribution in [2.24, 2.45) is 18.0 Å². The summed E-state index contributed by atoms with van der Waals surface area (Å²) in [6.07, 6.45) is 5.11. The van der Waals surface area contributed by atoms with Gasteiger partial charge in [0.15, 0.2) is 5.96 Å². The highest BCUT2D eigenvalue weighted by molar-refractivity contribution is 5.80. The Morgan fingerprint density at radius 3 is 2.80 bits per heavy atom. The van der Waals surface area contributed by atoms with Crippen molar-refractivity contribution < 1.29 is 4.74 Å². The molecule has 2 rings (SSSR count). The van der Waals surface area contributed by atoms with E-state index in [2.05, 4.69) is 53.2 Å². The van der Waals surface area contributed by atoms with Gasteiger partial charge in [-0.2, -0.15) is 5.10 Å². The molecule has 0 aromatic carbocycles. The fourth-order valence-electron chi connectivity index (χ4n) is 3.21. The van der Waals surface area contributed by atoms with Gasteiger partial charge in [0.2, 0.25) is 0 Å². The number of aliphatic imine (C=N–C) groups is 1. The molecule has 1 aromatic rings. The van der Waals surface area contributed by atoms with Gasteiger partial charge in [-0.1, -0.05) is 13.8 Å². The predicted molar refractivity (Wildman–Crippen MR) is 102 cm³/mol. The van der Waals surface area contributed by atoms with Gasteiger partial charge in [0, 0.05) is 45.0 Å². The molecule has 0 bridgehead atoms. The van der Waals surface area contributed by atoms with Gasteiger partial charge in [0.25, 0.3) is 0 Å². The van der Waals surface area contributed by atoms with Crippen LogP contribution >= 0.6 is 0 Å². The minimum Gasteiger partial charge on any atom is -0.370 e. The van der Waals surface area contributed by atoms with E-state index in [-0.39, 0.29) is 6.10 Å². The zero-order valence-electron chi connectivity index (χ0n) is 16.6. The van der Waals surface area contributed by atoms with Crippen molar-refractivity contribution in [3.8, 4) is 0 Å². The van der Waals surface area contributed by atoms with Crippen LogP contribution < -0.4 is 5.32 Å². The molecule has 1 aliphatic heterocycles. The minimum atomic E-state index is 0.0429. The Kier molecular flexibility index (Phi) is 7.25. The highest BCUT2D eigenvalue weighted by Crippen LogP contribution is 2.21. The topological polar surface area (TPSA) is 57.9 Å². The van der Waals surface area contributed by atoms with Crippen LogP contribution in [0.3, 0.4) is 0 Å². The SMILES string of the molecule is CN=C(NCC(CC(C)C)N(C)C)N1CCOC(c2cnn(C)c2)C1. The molecular formula is C18H34N6O. The smallest absolute Gasteiger partial charge is 0.193 e. The summed E-state index contributed by atoms with van der Waals surface area (Å²) in [4.78, 5) is 9.06. The second-order valence-electron chi connectivity index (χ2n) is 7.43. The van der Waals surface area contributed by atoms with Gasteiger partial charge in [0.05, 0.1) is 19.3 Å². The van der Waals surface area contributed by atoms with Crippen molar-refractivity contribution >= 4 is 5.96 Å². The summed E-state index contributed by atoms with van der Waals surface area (Å²) in [5.41, 5.74) is 1.12. The van der Waals surface area contributed by atoms with E-state index in [1.54, 1.807) is 0 Å². The maximum Gasteiger partial charge on any atom is 0.193 e. The second kappa shape index (κ2) is 9.20. The Bertz CT molecular complexity index is 554. The van der Waals surface area contributed by atoms with Crippen LogP contribution in [-0.4, -0.2) is 79.0 Å². The Hall–Kier alpha value is -1.60. The summed E-state index contributed by atoms with van der Waals surface area (Å²) in [6, 6.07) is 0.493. The number of ether oxygens (including phenoxy) is 1. The van der Waals surface area contributed by atoms with E-state index in [1.807, 2.05) is 31.2 Å². The van der Waals surface area contributed by atoms with E-state index in [0.29, 0.717) is 18.6 Å². The van der Waals surface area contributed by atoms with E-state index in [1.165, 1.54) is 6.42 Å². The molecule has 2 unspecified atom stereocenters. The molecule has 0 aliphatic carbocycles. The minimum absolute atomic E-state index is 0.0429. The number of morpholine rings is 1. The van der Waals surface area contributed by atoms with Crippen molar-refractivity contribution in [1.29, 1.82) is 0 Å². The highest BCUT2D eigenvalue weighted by Gasteiger charge is 2.25. The van der Waals surface area contributed by atoms with E-state index in [0.717, 1.165) is 31.2 Å². The molecule has 2 heterocycles. The molecule has 1 saturated heterocycles. The van der Waals surface area contributed by atoms with Crippen LogP contribution in [0.2, 0.25) is 0 Å². The Morgan fingerprint density at radius 2 is 2.24 bits per heavy atom. The average Bonchev–Trinajstić information content (AvgIpc) is 3.00. The first-order valence-corrected chi connectivity index (χ1v) is 9.12. The molecule has 1 N–H and O–H groups in total. The molecule has 7 heteroatoms. The lowest BCUT2D eigenvalue weighted by Crippen LogP contribution is -2.51. The molecule has 2 atom stereocenters. The highest BCUT2D eigenvalue weighted by atomic mass is 16.5. The third-order valence-corrected chi connectivity index (χ3v) is 4.64. The first kappa shape index (κ1) is 19.7. The number of nitrogens with zero attached hydrogens (tertiary/aromatic N) is 5. The Balaban J connectivity index is 1.95. The van der Waals surface area contributed by atoms with Crippen molar-refractivity contribution in [2.75, 3.05) is 47.4 Å². The normalized spacial score (nSPS) is 20.4. The first-order valence-electron chi connectivity index (χ1n) is 9.12. The number of hydrogen-bond acceptors (Lipinski definition) is 4. The third kappa shape index (κ3) is 5.71. The first-order chi connectivity index (χ1) is 11.9. The van der Waals surface area contributed by atoms with E-state index < -0.39 is 0 Å². The summed E-state index contributed by atoms with van der Waals surface area (Å²) in [7, 11) is 8.07. The van der Waals surface area contributed by atoms with Crippen LogP contribution in [0, 0.1) is 5.92 Å². The van der Waals surface area contributed by atoms with Gasteiger partial charge in [-0.15, -0.1) is 0 Å². The average molecular weight is 351 g/mol. The number of nitrogens with one attached hydrogen (secondary N) is 1. The van der Waals surface area contributed by atoms with Crippen LogP contribution in [0.1, 0.15) is 31.9 Å². The van der Waals surface area contributed by atoms with Crippen molar-refractivity contribution in [3.05, 3.63) is 18.0 Å². The van der Waals surface area contributed by atoms with Crippen molar-refractivity contribution in [3.63, 3.8) is 0 Å². The third-order valence-electron chi connectivity index (χ3n) is 4.64. The van der Waals surface area contributed by atoms with Gasteiger partial charge in [-0.25, -0.2) is 0 Å². The number of likely N-dealkylation sites (N-methyl/N-ethyl adjacent to an activating group) is 1. The fourth-order valence-corrected chi connectivity index (χ4v) is 3.21. The molecule has 7 nitrogen and oxygen atoms in total. The monoisotopic (exact) mass is 350 g/mol. The lowest BCUT2D eigenvalue weighted by atomic mass is 10.0. The predicted octanol–water partition coefficient (Wildman–Crippen LogP) is 1.35. The molecule has 1 aromatic heterocycles. The summed E-state index contributed by atoms with van der Waals surface area (Å²) >= 11 is 0. The Labute approximate surface area is 152 Å². The van der Waals surface area contributed by atoms with Gasteiger partial charge in [-0.3, -0.25) is 9.67 Å². The molecule has 0 radical (unpaired) electrons. The molecule has 0 amide bonds. The maximum atomic E-state index is 5.93. The molecule has 0 saturated carbocycles. The standard InChI is InChI=1S/C18H34N6O/c1-14(2)9-16(22(4)5)11-20-18(19-3)24-7-8-25-17(13-24)15-10-21-23(6)12-15/h10,12,14,16-17H,7-9,11,13H2,1-6H3,(H,19,20). The quantitative estimate of drug-likeness (QED) is 0.620. The molecule has 0 spiro atoms. The zero-order chi connectivity index (χ0) is 18.4. The van der Waals surface area contributed by atoms with E-state index in [9.17, 15) is 0 Å². The van der Waals surface area contributed by atoms with Crippen molar-refractivity contribution in [1.82, 2.24) is 24.9 Å². The second-order valence-corrected chi connectivity index (χ2v) is 7.43. The molecule has 1 fully saturated rings. The fraction of sp³-hybridized carbons (Fsp3) is 0.778. The molecule has 1 aliphatic rings. The van der Waals surface area contributed by atoms with Crippen LogP contribution in [0.15, 0.2) is 17.4 Å². The lowest BCUT2D eigenvalue weighted by Gasteiger charge is -2.36. The van der Waals surface area contributed by atoms with Crippen LogP contribution in [0.25, 0.3) is 0 Å². The van der Waals surface area contributed by atoms with Gasteiger partial charge < -0.3 is 19.9 Å². The van der Waals surface area contributed by atoms with Crippen molar-refractivity contribution in [2.45, 2.75) is 32.4 Å². The lowest BCUT2D eigenvalue weighted by molar-refractivity contribution is -0.00812. The number of aromatic nitrogens is 2. The summed E-state index contributed by atoms with van der Waals surface area (Å²) < 4.78 is 7.75. The molecule has 25 heavy (non-hydrogen) atoms. The summed E-state index contributed by atoms with van der Waals surface area (Å²) in [5.74, 6) is 1.63. The summed E-state index contributed by atoms with van der Waals surface area (Å²) in [5, 5.41) is 7.82. The van der Waals surface area contributed by atoms with E-state index in [4.69, 9.17) is 4.74 Å². The number of rotatable bonds is 6. The number of guanidine groups is 1. The van der Waals surface area contributed by atoms with Crippen LogP contribution in [0.4, 0.5) is 0 Å². The van der Waals surface area contributed by atoms with Gasteiger partial charge in [0.1, 0.15) is 6.10 Å². The maximum absolute atomic E-state index is 5.93. The van der Waals surface area contributed by atoms with Crippen LogP contribution in [0.5, 0.6) is 0 Å². The molecular weight excluding hydrogens is 316 g/mol. The van der Waals surface area contributed by atoms with Gasteiger partial charge in [-0.05, 0) is 26.4 Å². The molecule has 142 valence electrons. The zero-order valence-corrected chi connectivity index (χ0v) is 16.6. The number of hydrogen-bond donors (Lipinski definition) is 1. The van der Waals surface area contributed by atoms with Gasteiger partial charge >= 0.3 is 0 Å². The van der Waals surface area contributed by atoms with E-state index >= 15 is 0 Å². The summed E-state index contributed by atoms with van der Waals surface area (Å²) in [6.45, 7) is 7.78. The Morgan fingerprint density at radius 1 is 1.48 bits per heavy atom.